The van der Waals surface area contributed by atoms with Gasteiger partial charge in [-0.1, -0.05) is 35.3 Å². The van der Waals surface area contributed by atoms with Gasteiger partial charge >= 0.3 is 11.9 Å². The first-order chi connectivity index (χ1) is 9.91. The van der Waals surface area contributed by atoms with Crippen molar-refractivity contribution in [3.8, 4) is 0 Å². The second-order valence-electron chi connectivity index (χ2n) is 4.06. The lowest BCUT2D eigenvalue weighted by Gasteiger charge is -2.13. The van der Waals surface area contributed by atoms with E-state index in [0.29, 0.717) is 0 Å². The summed E-state index contributed by atoms with van der Waals surface area (Å²) >= 11 is 12.0. The molecule has 0 heterocycles. The molecule has 0 fully saturated rings. The van der Waals surface area contributed by atoms with E-state index in [-0.39, 0.29) is 32.5 Å². The van der Waals surface area contributed by atoms with Crippen LogP contribution in [0, 0.1) is 0 Å². The molecule has 2 aromatic carbocycles. The number of hydrogen-bond acceptors (Lipinski definition) is 3. The van der Waals surface area contributed by atoms with Gasteiger partial charge in [-0.3, -0.25) is 0 Å². The molecule has 0 atom stereocenters. The Labute approximate surface area is 129 Å². The van der Waals surface area contributed by atoms with Crippen LogP contribution in [0.15, 0.2) is 36.4 Å². The van der Waals surface area contributed by atoms with E-state index in [1.807, 2.05) is 0 Å². The van der Waals surface area contributed by atoms with Crippen molar-refractivity contribution in [3.05, 3.63) is 57.6 Å². The Morgan fingerprint density at radius 3 is 2.14 bits per heavy atom. The maximum Gasteiger partial charge on any atom is 0.337 e. The van der Waals surface area contributed by atoms with Crippen LogP contribution in [-0.2, 0) is 0 Å². The van der Waals surface area contributed by atoms with Gasteiger partial charge in [-0.25, -0.2) is 9.59 Å². The molecule has 21 heavy (non-hydrogen) atoms. The zero-order chi connectivity index (χ0) is 15.6. The predicted octanol–water partition coefficient (Wildman–Crippen LogP) is 4.13. The molecule has 0 aliphatic rings. The molecule has 0 aliphatic carbocycles. The standard InChI is InChI=1S/C14H9Cl2NO4/c15-9-6-5-8(14(20)21)11(16)12(9)17-10-4-2-1-3-7(10)13(18)19/h1-6,17H,(H,18,19)(H,20,21). The van der Waals surface area contributed by atoms with Crippen molar-refractivity contribution < 1.29 is 19.8 Å². The molecule has 5 nitrogen and oxygen atoms in total. The summed E-state index contributed by atoms with van der Waals surface area (Å²) in [6.07, 6.45) is 0. The summed E-state index contributed by atoms with van der Waals surface area (Å²) in [7, 11) is 0. The van der Waals surface area contributed by atoms with E-state index in [2.05, 4.69) is 5.32 Å². The van der Waals surface area contributed by atoms with Crippen LogP contribution in [0.25, 0.3) is 0 Å². The third kappa shape index (κ3) is 3.09. The highest BCUT2D eigenvalue weighted by atomic mass is 35.5. The maximum absolute atomic E-state index is 11.2. The van der Waals surface area contributed by atoms with Crippen LogP contribution in [0.4, 0.5) is 11.4 Å². The van der Waals surface area contributed by atoms with E-state index in [0.717, 1.165) is 0 Å². The summed E-state index contributed by atoms with van der Waals surface area (Å²) in [5, 5.41) is 21.0. The van der Waals surface area contributed by atoms with E-state index >= 15 is 0 Å². The molecule has 7 heteroatoms. The van der Waals surface area contributed by atoms with Crippen molar-refractivity contribution in [2.24, 2.45) is 0 Å². The SMILES string of the molecule is O=C(O)c1ccccc1Nc1c(Cl)ccc(C(=O)O)c1Cl. The summed E-state index contributed by atoms with van der Waals surface area (Å²) in [5.41, 5.74) is 0.296. The zero-order valence-corrected chi connectivity index (χ0v) is 11.9. The first kappa shape index (κ1) is 15.2. The number of para-hydroxylation sites is 1. The molecule has 0 saturated heterocycles. The van der Waals surface area contributed by atoms with Crippen molar-refractivity contribution >= 4 is 46.5 Å². The number of aromatic carboxylic acids is 2. The Morgan fingerprint density at radius 1 is 0.905 bits per heavy atom. The minimum atomic E-state index is -1.20. The van der Waals surface area contributed by atoms with Crippen LogP contribution >= 0.6 is 23.2 Å². The van der Waals surface area contributed by atoms with E-state index in [4.69, 9.17) is 33.4 Å². The Hall–Kier alpha value is -2.24. The molecule has 0 unspecified atom stereocenters. The number of carboxylic acid groups (broad SMARTS) is 2. The number of hydrogen-bond donors (Lipinski definition) is 3. The third-order valence-electron chi connectivity index (χ3n) is 2.74. The van der Waals surface area contributed by atoms with Crippen LogP contribution in [0.1, 0.15) is 20.7 Å². The Balaban J connectivity index is 2.52. The van der Waals surface area contributed by atoms with Gasteiger partial charge in [0.15, 0.2) is 0 Å². The largest absolute Gasteiger partial charge is 0.478 e. The second kappa shape index (κ2) is 6.03. The van der Waals surface area contributed by atoms with Crippen LogP contribution in [0.2, 0.25) is 10.0 Å². The first-order valence-corrected chi connectivity index (χ1v) is 6.48. The van der Waals surface area contributed by atoms with Crippen molar-refractivity contribution in [1.82, 2.24) is 0 Å². The molecule has 108 valence electrons. The Bertz CT molecular complexity index is 731. The van der Waals surface area contributed by atoms with Crippen LogP contribution in [0.3, 0.4) is 0 Å². The average molecular weight is 326 g/mol. The average Bonchev–Trinajstić information content (AvgIpc) is 2.43. The lowest BCUT2D eigenvalue weighted by molar-refractivity contribution is 0.0686. The lowest BCUT2D eigenvalue weighted by atomic mass is 10.1. The van der Waals surface area contributed by atoms with Gasteiger partial charge in [0.1, 0.15) is 0 Å². The maximum atomic E-state index is 11.2. The number of anilines is 2. The van der Waals surface area contributed by atoms with Gasteiger partial charge in [0.05, 0.1) is 32.5 Å². The molecule has 0 aromatic heterocycles. The van der Waals surface area contributed by atoms with Gasteiger partial charge in [-0.2, -0.15) is 0 Å². The van der Waals surface area contributed by atoms with Gasteiger partial charge in [0, 0.05) is 0 Å². The summed E-state index contributed by atoms with van der Waals surface area (Å²) in [6.45, 7) is 0. The number of rotatable bonds is 4. The van der Waals surface area contributed by atoms with Gasteiger partial charge in [0.25, 0.3) is 0 Å². The van der Waals surface area contributed by atoms with Crippen LogP contribution < -0.4 is 5.32 Å². The molecule has 0 spiro atoms. The van der Waals surface area contributed by atoms with Crippen LogP contribution in [-0.4, -0.2) is 22.2 Å². The fourth-order valence-corrected chi connectivity index (χ4v) is 2.29. The fraction of sp³-hybridized carbons (Fsp3) is 0. The third-order valence-corrected chi connectivity index (χ3v) is 3.45. The zero-order valence-electron chi connectivity index (χ0n) is 10.4. The number of halogens is 2. The molecule has 0 aliphatic heterocycles. The predicted molar refractivity (Wildman–Crippen MR) is 80.1 cm³/mol. The normalized spacial score (nSPS) is 10.2. The minimum absolute atomic E-state index is 0.0189. The summed E-state index contributed by atoms with van der Waals surface area (Å²) in [4.78, 5) is 22.2. The molecular formula is C14H9Cl2NO4. The highest BCUT2D eigenvalue weighted by molar-refractivity contribution is 6.41. The van der Waals surface area contributed by atoms with Crippen molar-refractivity contribution in [1.29, 1.82) is 0 Å². The molecule has 0 amide bonds. The number of carbonyl (C=O) groups is 2. The molecule has 0 radical (unpaired) electrons. The molecule has 2 aromatic rings. The van der Waals surface area contributed by atoms with E-state index in [1.54, 1.807) is 12.1 Å². The number of nitrogens with one attached hydrogen (secondary N) is 1. The molecule has 0 saturated carbocycles. The van der Waals surface area contributed by atoms with Crippen molar-refractivity contribution in [3.63, 3.8) is 0 Å². The summed E-state index contributed by atoms with van der Waals surface area (Å²) < 4.78 is 0. The minimum Gasteiger partial charge on any atom is -0.478 e. The topological polar surface area (TPSA) is 86.6 Å². The molecular weight excluding hydrogens is 317 g/mol. The van der Waals surface area contributed by atoms with E-state index < -0.39 is 11.9 Å². The Kier molecular flexibility index (Phi) is 4.35. The van der Waals surface area contributed by atoms with Crippen LogP contribution in [0.5, 0.6) is 0 Å². The van der Waals surface area contributed by atoms with E-state index in [9.17, 15) is 9.59 Å². The van der Waals surface area contributed by atoms with Gasteiger partial charge in [-0.05, 0) is 24.3 Å². The van der Waals surface area contributed by atoms with Gasteiger partial charge in [-0.15, -0.1) is 0 Å². The fourth-order valence-electron chi connectivity index (χ4n) is 1.75. The first-order valence-electron chi connectivity index (χ1n) is 5.72. The lowest BCUT2D eigenvalue weighted by Crippen LogP contribution is -2.05. The quantitative estimate of drug-likeness (QED) is 0.786. The molecule has 0 bridgehead atoms. The summed E-state index contributed by atoms with van der Waals surface area (Å²) in [5.74, 6) is -2.33. The number of benzene rings is 2. The number of carboxylic acids is 2. The molecule has 2 rings (SSSR count). The van der Waals surface area contributed by atoms with Crippen molar-refractivity contribution in [2.45, 2.75) is 0 Å². The second-order valence-corrected chi connectivity index (χ2v) is 4.85. The Morgan fingerprint density at radius 2 is 1.52 bits per heavy atom. The highest BCUT2D eigenvalue weighted by Crippen LogP contribution is 2.36. The van der Waals surface area contributed by atoms with Gasteiger partial charge in [0.2, 0.25) is 0 Å². The van der Waals surface area contributed by atoms with Gasteiger partial charge < -0.3 is 15.5 Å². The highest BCUT2D eigenvalue weighted by Gasteiger charge is 2.17. The van der Waals surface area contributed by atoms with E-state index in [1.165, 1.54) is 24.3 Å². The summed E-state index contributed by atoms with van der Waals surface area (Å²) in [6, 6.07) is 8.81. The molecule has 3 N–H and O–H groups in total. The van der Waals surface area contributed by atoms with Crippen molar-refractivity contribution in [2.75, 3.05) is 5.32 Å². The smallest absolute Gasteiger partial charge is 0.337 e. The monoisotopic (exact) mass is 325 g/mol.